The molecule has 1 aliphatic heterocycles. The SMILES string of the molecule is CC[C@H](C)[C@@H]1NC(=O)[C@H](CCCCN)NC(=O)[C@H](CC(C)C)NC(=O)[C@H](CO)NC(=O)[C@H](CC(=O)O)NC(=O)[C@H](CC(C)C)NC(=O)[C@H](CC(N)=O)NC(=O)[C@H](CC(=O)O)NC1=O. The molecule has 0 saturated carbocycles. The van der Waals surface area contributed by atoms with E-state index < -0.39 is 145 Å². The molecule has 0 spiro atoms. The molecule has 0 unspecified atom stereocenters. The van der Waals surface area contributed by atoms with E-state index in [1.165, 1.54) is 0 Å². The zero-order valence-electron chi connectivity index (χ0n) is 36.6. The Labute approximate surface area is 365 Å². The van der Waals surface area contributed by atoms with E-state index in [4.69, 9.17) is 11.5 Å². The number of nitrogens with two attached hydrogens (primary N) is 2. The number of aliphatic hydroxyl groups is 1. The fourth-order valence-electron chi connectivity index (χ4n) is 6.39. The van der Waals surface area contributed by atoms with E-state index in [0.29, 0.717) is 12.8 Å². The van der Waals surface area contributed by atoms with Gasteiger partial charge < -0.3 is 69.3 Å². The average Bonchev–Trinajstić information content (AvgIpc) is 3.18. The van der Waals surface area contributed by atoms with E-state index >= 15 is 0 Å². The Morgan fingerprint density at radius 1 is 0.524 bits per heavy atom. The van der Waals surface area contributed by atoms with E-state index in [2.05, 4.69) is 42.5 Å². The van der Waals surface area contributed by atoms with Crippen LogP contribution in [0.4, 0.5) is 0 Å². The van der Waals surface area contributed by atoms with Crippen LogP contribution in [0.2, 0.25) is 0 Å². The fourth-order valence-corrected chi connectivity index (χ4v) is 6.39. The zero-order valence-corrected chi connectivity index (χ0v) is 36.6. The first-order valence-electron chi connectivity index (χ1n) is 20.9. The van der Waals surface area contributed by atoms with Gasteiger partial charge in [-0.25, -0.2) is 0 Å². The maximum absolute atomic E-state index is 14.0. The van der Waals surface area contributed by atoms with Gasteiger partial charge in [0.15, 0.2) is 0 Å². The van der Waals surface area contributed by atoms with E-state index in [9.17, 15) is 68.1 Å². The van der Waals surface area contributed by atoms with Crippen molar-refractivity contribution in [1.82, 2.24) is 42.5 Å². The second-order valence-corrected chi connectivity index (χ2v) is 16.4. The van der Waals surface area contributed by atoms with Gasteiger partial charge in [-0.2, -0.15) is 0 Å². The van der Waals surface area contributed by atoms with Gasteiger partial charge in [0.1, 0.15) is 48.3 Å². The summed E-state index contributed by atoms with van der Waals surface area (Å²) in [7, 11) is 0. The smallest absolute Gasteiger partial charge is 0.305 e. The lowest BCUT2D eigenvalue weighted by Gasteiger charge is -2.30. The quantitative estimate of drug-likeness (QED) is 0.0619. The van der Waals surface area contributed by atoms with Gasteiger partial charge in [0.25, 0.3) is 0 Å². The number of primary amides is 1. The molecule has 15 N–H and O–H groups in total. The van der Waals surface area contributed by atoms with Gasteiger partial charge in [0.2, 0.25) is 53.2 Å². The Balaban J connectivity index is 4.01. The molecule has 1 fully saturated rings. The third-order valence-electron chi connectivity index (χ3n) is 9.93. The molecule has 9 atom stereocenters. The first kappa shape index (κ1) is 55.1. The minimum Gasteiger partial charge on any atom is -0.481 e. The van der Waals surface area contributed by atoms with Crippen LogP contribution >= 0.6 is 0 Å². The molecular formula is C39H66N10O14. The standard InChI is InChI=1S/C39H66N10O14/c1-7-20(6)31-39(63)47-26(16-30(54)55)36(60)45-24(14-28(41)51)35(59)43-23(13-19(4)5)34(58)46-25(15-29(52)53)37(61)48-27(17-50)38(62)44-22(12-18(2)3)33(57)42-21(32(56)49-31)10-8-9-11-40/h18-27,31,50H,7-17,40H2,1-6H3,(H2,41,51)(H,42,57)(H,43,59)(H,44,62)(H,45,60)(H,46,58)(H,47,63)(H,48,61)(H,49,56)(H,52,53)(H,54,55)/t20-,21-,22-,23-,24-,25-,26-,27-,31-/m0/s1. The Kier molecular flexibility index (Phi) is 23.8. The van der Waals surface area contributed by atoms with Crippen molar-refractivity contribution in [3.63, 3.8) is 0 Å². The minimum absolute atomic E-state index is 0.0106. The summed E-state index contributed by atoms with van der Waals surface area (Å²) in [6.07, 6.45) is -2.19. The Morgan fingerprint density at radius 3 is 1.25 bits per heavy atom. The lowest BCUT2D eigenvalue weighted by molar-refractivity contribution is -0.143. The van der Waals surface area contributed by atoms with Crippen LogP contribution in [-0.4, -0.2) is 142 Å². The summed E-state index contributed by atoms with van der Waals surface area (Å²) in [5, 5.41) is 48.3. The highest BCUT2D eigenvalue weighted by Gasteiger charge is 2.38. The lowest BCUT2D eigenvalue weighted by atomic mass is 9.96. The summed E-state index contributed by atoms with van der Waals surface area (Å²) in [5.74, 6) is -14.3. The van der Waals surface area contributed by atoms with Crippen molar-refractivity contribution in [3.8, 4) is 0 Å². The maximum Gasteiger partial charge on any atom is 0.305 e. The molecule has 0 aromatic carbocycles. The van der Waals surface area contributed by atoms with Crippen LogP contribution in [-0.2, 0) is 52.7 Å². The molecule has 0 aliphatic carbocycles. The van der Waals surface area contributed by atoms with Crippen LogP contribution < -0.4 is 54.0 Å². The average molecular weight is 899 g/mol. The molecule has 0 bridgehead atoms. The molecular weight excluding hydrogens is 832 g/mol. The third-order valence-corrected chi connectivity index (χ3v) is 9.93. The normalized spacial score (nSPS) is 25.8. The van der Waals surface area contributed by atoms with Gasteiger partial charge in [-0.05, 0) is 56.4 Å². The number of hydrogen-bond donors (Lipinski definition) is 13. The van der Waals surface area contributed by atoms with Gasteiger partial charge in [-0.1, -0.05) is 48.0 Å². The first-order chi connectivity index (χ1) is 29.4. The highest BCUT2D eigenvalue weighted by Crippen LogP contribution is 2.13. The first-order valence-corrected chi connectivity index (χ1v) is 20.9. The number of carbonyl (C=O) groups is 11. The van der Waals surface area contributed by atoms with Crippen LogP contribution in [0.5, 0.6) is 0 Å². The molecule has 24 heteroatoms. The van der Waals surface area contributed by atoms with Crippen LogP contribution in [0.3, 0.4) is 0 Å². The predicted octanol–water partition coefficient (Wildman–Crippen LogP) is -4.04. The monoisotopic (exact) mass is 898 g/mol. The number of aliphatic hydroxyl groups excluding tert-OH is 1. The topological polar surface area (TPSA) is 397 Å². The van der Waals surface area contributed by atoms with Crippen molar-refractivity contribution in [2.24, 2.45) is 29.2 Å². The largest absolute Gasteiger partial charge is 0.481 e. The van der Waals surface area contributed by atoms with Gasteiger partial charge in [0, 0.05) is 0 Å². The number of carboxylic acids is 2. The van der Waals surface area contributed by atoms with Crippen molar-refractivity contribution >= 4 is 65.1 Å². The second-order valence-electron chi connectivity index (χ2n) is 16.4. The van der Waals surface area contributed by atoms with Crippen molar-refractivity contribution < 1.29 is 68.1 Å². The van der Waals surface area contributed by atoms with E-state index in [1.54, 1.807) is 41.5 Å². The molecule has 1 heterocycles. The van der Waals surface area contributed by atoms with Crippen molar-refractivity contribution in [2.75, 3.05) is 13.2 Å². The van der Waals surface area contributed by atoms with E-state index in [0.717, 1.165) is 0 Å². The van der Waals surface area contributed by atoms with E-state index in [1.807, 2.05) is 0 Å². The van der Waals surface area contributed by atoms with E-state index in [-0.39, 0.29) is 44.1 Å². The summed E-state index contributed by atoms with van der Waals surface area (Å²) in [5.41, 5.74) is 11.0. The fraction of sp³-hybridized carbons (Fsp3) is 0.718. The Hall–Kier alpha value is -5.91. The maximum atomic E-state index is 14.0. The van der Waals surface area contributed by atoms with Crippen LogP contribution in [0, 0.1) is 17.8 Å². The van der Waals surface area contributed by atoms with Crippen molar-refractivity contribution in [3.05, 3.63) is 0 Å². The van der Waals surface area contributed by atoms with Crippen molar-refractivity contribution in [2.45, 2.75) is 148 Å². The van der Waals surface area contributed by atoms with Gasteiger partial charge >= 0.3 is 11.9 Å². The number of amides is 9. The lowest BCUT2D eigenvalue weighted by Crippen LogP contribution is -2.62. The molecule has 63 heavy (non-hydrogen) atoms. The van der Waals surface area contributed by atoms with Gasteiger partial charge in [0.05, 0.1) is 25.9 Å². The van der Waals surface area contributed by atoms with Crippen molar-refractivity contribution in [1.29, 1.82) is 0 Å². The number of hydrogen-bond acceptors (Lipinski definition) is 13. The van der Waals surface area contributed by atoms with Crippen LogP contribution in [0.1, 0.15) is 99.3 Å². The predicted molar refractivity (Wildman–Crippen MR) is 222 cm³/mol. The highest BCUT2D eigenvalue weighted by atomic mass is 16.4. The highest BCUT2D eigenvalue weighted by molar-refractivity contribution is 6.00. The minimum atomic E-state index is -1.92. The molecule has 1 rings (SSSR count). The Bertz CT molecular complexity index is 1660. The molecule has 0 radical (unpaired) electrons. The number of unbranched alkanes of at least 4 members (excludes halogenated alkanes) is 1. The molecule has 24 nitrogen and oxygen atoms in total. The molecule has 356 valence electrons. The number of carbonyl (C=O) groups excluding carboxylic acids is 9. The summed E-state index contributed by atoms with van der Waals surface area (Å²) in [6.45, 7) is 9.17. The third kappa shape index (κ3) is 19.8. The summed E-state index contributed by atoms with van der Waals surface area (Å²) in [4.78, 5) is 146. The van der Waals surface area contributed by atoms with Gasteiger partial charge in [-0.3, -0.25) is 52.7 Å². The van der Waals surface area contributed by atoms with Crippen LogP contribution in [0.25, 0.3) is 0 Å². The molecule has 1 aliphatic rings. The molecule has 0 aromatic rings. The van der Waals surface area contributed by atoms with Crippen LogP contribution in [0.15, 0.2) is 0 Å². The summed E-state index contributed by atoms with van der Waals surface area (Å²) >= 11 is 0. The zero-order chi connectivity index (χ0) is 48.1. The second kappa shape index (κ2) is 27.2. The molecule has 1 saturated heterocycles. The number of nitrogens with one attached hydrogen (secondary N) is 8. The molecule has 9 amide bonds. The van der Waals surface area contributed by atoms with Gasteiger partial charge in [-0.15, -0.1) is 0 Å². The summed E-state index contributed by atoms with van der Waals surface area (Å²) < 4.78 is 0. The number of rotatable bonds is 17. The number of carboxylic acid groups (broad SMARTS) is 2. The Morgan fingerprint density at radius 2 is 0.873 bits per heavy atom. The number of aliphatic carboxylic acids is 2. The molecule has 0 aromatic heterocycles. The summed E-state index contributed by atoms with van der Waals surface area (Å²) in [6, 6.07) is -13.2.